The van der Waals surface area contributed by atoms with Gasteiger partial charge in [-0.2, -0.15) is 0 Å². The molecule has 0 unspecified atom stereocenters. The molecular formula is C14H19NO. The monoisotopic (exact) mass is 217 g/mol. The number of rotatable bonds is 2. The van der Waals surface area contributed by atoms with Gasteiger partial charge in [0.05, 0.1) is 5.54 Å². The third-order valence-electron chi connectivity index (χ3n) is 2.78. The Balaban J connectivity index is 2.42. The maximum atomic E-state index is 5.70. The van der Waals surface area contributed by atoms with Crippen LogP contribution in [0.3, 0.4) is 0 Å². The molecule has 0 N–H and O–H groups in total. The third-order valence-corrected chi connectivity index (χ3v) is 2.78. The summed E-state index contributed by atoms with van der Waals surface area (Å²) < 4.78 is 5.70. The first-order valence-electron chi connectivity index (χ1n) is 5.81. The summed E-state index contributed by atoms with van der Waals surface area (Å²) in [6, 6.07) is 8.35. The highest BCUT2D eigenvalue weighted by Crippen LogP contribution is 2.25. The van der Waals surface area contributed by atoms with E-state index >= 15 is 0 Å². The molecule has 0 saturated heterocycles. The second-order valence-electron chi connectivity index (χ2n) is 5.26. The average Bonchev–Trinajstić information content (AvgIpc) is 2.59. The lowest BCUT2D eigenvalue weighted by Gasteiger charge is -2.11. The fraction of sp³-hybridized carbons (Fsp3) is 0.500. The van der Waals surface area contributed by atoms with Crippen LogP contribution in [0.25, 0.3) is 0 Å². The van der Waals surface area contributed by atoms with E-state index in [0.29, 0.717) is 12.5 Å². The molecule has 0 radical (unpaired) electrons. The Kier molecular flexibility index (Phi) is 2.75. The molecule has 0 bridgehead atoms. The van der Waals surface area contributed by atoms with Crippen molar-refractivity contribution in [3.8, 4) is 0 Å². The van der Waals surface area contributed by atoms with Crippen LogP contribution in [0.1, 0.15) is 44.7 Å². The number of nitrogens with zero attached hydrogens (tertiary/aromatic N) is 1. The van der Waals surface area contributed by atoms with Crippen molar-refractivity contribution in [1.29, 1.82) is 0 Å². The van der Waals surface area contributed by atoms with Gasteiger partial charge in [0.15, 0.2) is 0 Å². The first-order chi connectivity index (χ1) is 7.49. The predicted octanol–water partition coefficient (Wildman–Crippen LogP) is 3.37. The molecule has 1 aliphatic heterocycles. The summed E-state index contributed by atoms with van der Waals surface area (Å²) in [5.74, 6) is 1.29. The summed E-state index contributed by atoms with van der Waals surface area (Å²) in [6.45, 7) is 9.25. The highest BCUT2D eigenvalue weighted by Gasteiger charge is 2.28. The molecule has 0 saturated carbocycles. The minimum atomic E-state index is -0.0839. The molecule has 1 aliphatic rings. The Morgan fingerprint density at radius 1 is 1.25 bits per heavy atom. The molecule has 16 heavy (non-hydrogen) atoms. The van der Waals surface area contributed by atoms with Crippen LogP contribution in [0, 0.1) is 0 Å². The highest BCUT2D eigenvalue weighted by molar-refractivity contribution is 5.97. The predicted molar refractivity (Wildman–Crippen MR) is 67.1 cm³/mol. The Morgan fingerprint density at radius 3 is 2.50 bits per heavy atom. The minimum absolute atomic E-state index is 0.0839. The Labute approximate surface area is 97.4 Å². The summed E-state index contributed by atoms with van der Waals surface area (Å²) in [5.41, 5.74) is 2.36. The fourth-order valence-electron chi connectivity index (χ4n) is 1.92. The second kappa shape index (κ2) is 3.93. The molecule has 1 heterocycles. The van der Waals surface area contributed by atoms with Crippen LogP contribution in [-0.2, 0) is 4.74 Å². The van der Waals surface area contributed by atoms with Crippen molar-refractivity contribution in [2.45, 2.75) is 39.2 Å². The number of hydrogen-bond donors (Lipinski definition) is 0. The lowest BCUT2D eigenvalue weighted by molar-refractivity contribution is 0.279. The lowest BCUT2D eigenvalue weighted by atomic mass is 9.97. The average molecular weight is 217 g/mol. The molecule has 0 amide bonds. The molecule has 0 aromatic heterocycles. The van der Waals surface area contributed by atoms with Gasteiger partial charge < -0.3 is 4.74 Å². The van der Waals surface area contributed by atoms with Crippen molar-refractivity contribution in [2.75, 3.05) is 6.61 Å². The van der Waals surface area contributed by atoms with Crippen LogP contribution >= 0.6 is 0 Å². The lowest BCUT2D eigenvalue weighted by Crippen LogP contribution is -2.17. The van der Waals surface area contributed by atoms with Crippen molar-refractivity contribution in [3.05, 3.63) is 35.4 Å². The second-order valence-corrected chi connectivity index (χ2v) is 5.26. The summed E-state index contributed by atoms with van der Waals surface area (Å²) in [6.07, 6.45) is 0. The zero-order chi connectivity index (χ0) is 11.8. The Hall–Kier alpha value is -1.31. The van der Waals surface area contributed by atoms with Crippen LogP contribution in [0.4, 0.5) is 0 Å². The van der Waals surface area contributed by atoms with E-state index in [2.05, 4.69) is 50.9 Å². The van der Waals surface area contributed by atoms with Crippen molar-refractivity contribution in [3.63, 3.8) is 0 Å². The van der Waals surface area contributed by atoms with E-state index in [-0.39, 0.29) is 5.54 Å². The van der Waals surface area contributed by atoms with Crippen LogP contribution < -0.4 is 0 Å². The standard InChI is InChI=1S/C14H19NO/c1-10(2)11-7-5-6-8-12(11)13-15-14(3,4)9-16-13/h5-8,10H,9H2,1-4H3. The van der Waals surface area contributed by atoms with Gasteiger partial charge in [-0.3, -0.25) is 0 Å². The van der Waals surface area contributed by atoms with Gasteiger partial charge >= 0.3 is 0 Å². The molecule has 2 nitrogen and oxygen atoms in total. The molecule has 2 rings (SSSR count). The van der Waals surface area contributed by atoms with E-state index in [0.717, 1.165) is 11.5 Å². The highest BCUT2D eigenvalue weighted by atomic mass is 16.5. The van der Waals surface area contributed by atoms with E-state index in [4.69, 9.17) is 4.74 Å². The number of benzene rings is 1. The van der Waals surface area contributed by atoms with Crippen LogP contribution in [0.5, 0.6) is 0 Å². The number of ether oxygens (including phenoxy) is 1. The zero-order valence-electron chi connectivity index (χ0n) is 10.4. The summed E-state index contributed by atoms with van der Waals surface area (Å²) in [4.78, 5) is 4.63. The van der Waals surface area contributed by atoms with Gasteiger partial charge in [0.25, 0.3) is 0 Å². The Bertz CT molecular complexity index is 418. The first kappa shape index (κ1) is 11.2. The van der Waals surface area contributed by atoms with Gasteiger partial charge in [0.1, 0.15) is 6.61 Å². The van der Waals surface area contributed by atoms with E-state index in [1.165, 1.54) is 5.56 Å². The van der Waals surface area contributed by atoms with Gasteiger partial charge in [-0.25, -0.2) is 4.99 Å². The van der Waals surface area contributed by atoms with E-state index in [1.807, 2.05) is 6.07 Å². The molecular weight excluding hydrogens is 198 g/mol. The molecule has 1 aromatic carbocycles. The largest absolute Gasteiger partial charge is 0.475 e. The zero-order valence-corrected chi connectivity index (χ0v) is 10.4. The first-order valence-corrected chi connectivity index (χ1v) is 5.81. The molecule has 0 atom stereocenters. The van der Waals surface area contributed by atoms with Gasteiger partial charge in [0, 0.05) is 5.56 Å². The summed E-state index contributed by atoms with van der Waals surface area (Å²) in [5, 5.41) is 0. The number of aliphatic imine (C=N–C) groups is 1. The summed E-state index contributed by atoms with van der Waals surface area (Å²) >= 11 is 0. The van der Waals surface area contributed by atoms with Crippen molar-refractivity contribution < 1.29 is 4.74 Å². The van der Waals surface area contributed by atoms with Crippen LogP contribution in [0.2, 0.25) is 0 Å². The van der Waals surface area contributed by atoms with Crippen LogP contribution in [-0.4, -0.2) is 18.0 Å². The SMILES string of the molecule is CC(C)c1ccccc1C1=NC(C)(C)CO1. The molecule has 0 spiro atoms. The van der Waals surface area contributed by atoms with Gasteiger partial charge in [-0.15, -0.1) is 0 Å². The normalized spacial score (nSPS) is 18.4. The van der Waals surface area contributed by atoms with Crippen molar-refractivity contribution >= 4 is 5.90 Å². The minimum Gasteiger partial charge on any atom is -0.475 e. The van der Waals surface area contributed by atoms with Crippen molar-refractivity contribution in [2.24, 2.45) is 4.99 Å². The van der Waals surface area contributed by atoms with Crippen molar-refractivity contribution in [1.82, 2.24) is 0 Å². The summed E-state index contributed by atoms with van der Waals surface area (Å²) in [7, 11) is 0. The Morgan fingerprint density at radius 2 is 1.94 bits per heavy atom. The van der Waals surface area contributed by atoms with Crippen LogP contribution in [0.15, 0.2) is 29.3 Å². The maximum absolute atomic E-state index is 5.70. The third kappa shape index (κ3) is 2.11. The van der Waals surface area contributed by atoms with Gasteiger partial charge in [-0.05, 0) is 31.4 Å². The number of hydrogen-bond acceptors (Lipinski definition) is 2. The van der Waals surface area contributed by atoms with E-state index < -0.39 is 0 Å². The fourth-order valence-corrected chi connectivity index (χ4v) is 1.92. The van der Waals surface area contributed by atoms with E-state index in [9.17, 15) is 0 Å². The molecule has 0 fully saturated rings. The molecule has 1 aromatic rings. The topological polar surface area (TPSA) is 21.6 Å². The maximum Gasteiger partial charge on any atom is 0.217 e. The van der Waals surface area contributed by atoms with Gasteiger partial charge in [-0.1, -0.05) is 32.0 Å². The smallest absolute Gasteiger partial charge is 0.217 e. The quantitative estimate of drug-likeness (QED) is 0.744. The molecule has 2 heteroatoms. The molecule has 0 aliphatic carbocycles. The van der Waals surface area contributed by atoms with Gasteiger partial charge in [0.2, 0.25) is 5.90 Å². The molecule has 86 valence electrons. The van der Waals surface area contributed by atoms with E-state index in [1.54, 1.807) is 0 Å².